The molecule has 7 heteroatoms. The average Bonchev–Trinajstić information content (AvgIpc) is 2.49. The molecule has 0 heterocycles. The molecule has 0 aromatic heterocycles. The van der Waals surface area contributed by atoms with E-state index in [1.165, 1.54) is 6.08 Å². The third-order valence-corrected chi connectivity index (χ3v) is 3.06. The Kier molecular flexibility index (Phi) is 6.79. The van der Waals surface area contributed by atoms with Crippen molar-refractivity contribution < 1.29 is 24.2 Å². The van der Waals surface area contributed by atoms with Crippen LogP contribution in [0.3, 0.4) is 0 Å². The number of methoxy groups -OCH3 is 1. The van der Waals surface area contributed by atoms with Crippen molar-refractivity contribution in [3.63, 3.8) is 0 Å². The number of carbonyl (C=O) groups is 3. The van der Waals surface area contributed by atoms with Gasteiger partial charge in [-0.25, -0.2) is 0 Å². The number of rotatable bonds is 7. The molecule has 3 N–H and O–H groups in total. The molecule has 23 heavy (non-hydrogen) atoms. The SMILES string of the molecule is COc1cc(C)c(/C=C/C(=O)NCC(=O)NCC(=O)O)c(C)c1. The van der Waals surface area contributed by atoms with E-state index in [-0.39, 0.29) is 6.54 Å². The van der Waals surface area contributed by atoms with Crippen molar-refractivity contribution in [2.24, 2.45) is 0 Å². The van der Waals surface area contributed by atoms with E-state index in [0.717, 1.165) is 22.4 Å². The van der Waals surface area contributed by atoms with Crippen LogP contribution < -0.4 is 15.4 Å². The predicted molar refractivity (Wildman–Crippen MR) is 85.2 cm³/mol. The number of hydrogen-bond acceptors (Lipinski definition) is 4. The van der Waals surface area contributed by atoms with Crippen LogP contribution in [-0.2, 0) is 14.4 Å². The molecule has 0 fully saturated rings. The van der Waals surface area contributed by atoms with Crippen molar-refractivity contribution in [1.29, 1.82) is 0 Å². The van der Waals surface area contributed by atoms with Gasteiger partial charge >= 0.3 is 5.97 Å². The van der Waals surface area contributed by atoms with E-state index in [9.17, 15) is 14.4 Å². The fourth-order valence-electron chi connectivity index (χ4n) is 1.94. The molecular weight excluding hydrogens is 300 g/mol. The highest BCUT2D eigenvalue weighted by Gasteiger charge is 2.06. The summed E-state index contributed by atoms with van der Waals surface area (Å²) in [5, 5.41) is 13.0. The zero-order valence-corrected chi connectivity index (χ0v) is 13.3. The summed E-state index contributed by atoms with van der Waals surface area (Å²) in [6.07, 6.45) is 2.99. The second kappa shape index (κ2) is 8.57. The Morgan fingerprint density at radius 3 is 2.26 bits per heavy atom. The normalized spacial score (nSPS) is 10.4. The monoisotopic (exact) mass is 320 g/mol. The van der Waals surface area contributed by atoms with Gasteiger partial charge in [-0.05, 0) is 48.7 Å². The second-order valence-corrected chi connectivity index (χ2v) is 4.90. The Morgan fingerprint density at radius 1 is 1.13 bits per heavy atom. The van der Waals surface area contributed by atoms with E-state index in [1.807, 2.05) is 26.0 Å². The van der Waals surface area contributed by atoms with E-state index < -0.39 is 24.3 Å². The maximum absolute atomic E-state index is 11.7. The van der Waals surface area contributed by atoms with E-state index >= 15 is 0 Å². The second-order valence-electron chi connectivity index (χ2n) is 4.90. The van der Waals surface area contributed by atoms with Crippen molar-refractivity contribution >= 4 is 23.9 Å². The number of nitrogens with one attached hydrogen (secondary N) is 2. The molecule has 7 nitrogen and oxygen atoms in total. The van der Waals surface area contributed by atoms with Crippen LogP contribution in [0.4, 0.5) is 0 Å². The Hall–Kier alpha value is -2.83. The molecule has 0 saturated heterocycles. The molecule has 1 rings (SSSR count). The third-order valence-electron chi connectivity index (χ3n) is 3.06. The molecule has 124 valence electrons. The largest absolute Gasteiger partial charge is 0.497 e. The van der Waals surface area contributed by atoms with E-state index in [4.69, 9.17) is 9.84 Å². The standard InChI is InChI=1S/C16H20N2O5/c1-10-6-12(23-3)7-11(2)13(10)4-5-14(19)17-8-15(20)18-9-16(21)22/h4-7H,8-9H2,1-3H3,(H,17,19)(H,18,20)(H,21,22)/b5-4+. The molecular formula is C16H20N2O5. The highest BCUT2D eigenvalue weighted by Crippen LogP contribution is 2.22. The number of ether oxygens (including phenoxy) is 1. The molecule has 0 aliphatic rings. The van der Waals surface area contributed by atoms with Crippen LogP contribution in [0, 0.1) is 13.8 Å². The molecule has 1 aromatic carbocycles. The minimum absolute atomic E-state index is 0.281. The van der Waals surface area contributed by atoms with Gasteiger partial charge in [-0.15, -0.1) is 0 Å². The van der Waals surface area contributed by atoms with Gasteiger partial charge in [0.15, 0.2) is 0 Å². The van der Waals surface area contributed by atoms with Gasteiger partial charge in [-0.2, -0.15) is 0 Å². The van der Waals surface area contributed by atoms with Gasteiger partial charge in [0.2, 0.25) is 11.8 Å². The Balaban J connectivity index is 2.59. The lowest BCUT2D eigenvalue weighted by atomic mass is 10.0. The van der Waals surface area contributed by atoms with Crippen LogP contribution in [0.5, 0.6) is 5.75 Å². The first-order chi connectivity index (χ1) is 10.8. The van der Waals surface area contributed by atoms with Crippen molar-refractivity contribution in [3.05, 3.63) is 34.9 Å². The van der Waals surface area contributed by atoms with Gasteiger partial charge in [0.25, 0.3) is 0 Å². The number of carboxylic acid groups (broad SMARTS) is 1. The van der Waals surface area contributed by atoms with Crippen molar-refractivity contribution in [2.75, 3.05) is 20.2 Å². The number of hydrogen-bond donors (Lipinski definition) is 3. The van der Waals surface area contributed by atoms with Crippen LogP contribution in [0.2, 0.25) is 0 Å². The highest BCUT2D eigenvalue weighted by atomic mass is 16.5. The first-order valence-corrected chi connectivity index (χ1v) is 6.93. The molecule has 0 saturated carbocycles. The number of carboxylic acids is 1. The minimum Gasteiger partial charge on any atom is -0.497 e. The smallest absolute Gasteiger partial charge is 0.322 e. The summed E-state index contributed by atoms with van der Waals surface area (Å²) in [5.74, 6) is -1.40. The average molecular weight is 320 g/mol. The molecule has 2 amide bonds. The number of benzene rings is 1. The van der Waals surface area contributed by atoms with Crippen molar-refractivity contribution in [3.8, 4) is 5.75 Å². The van der Waals surface area contributed by atoms with Crippen LogP contribution in [-0.4, -0.2) is 43.1 Å². The van der Waals surface area contributed by atoms with E-state index in [1.54, 1.807) is 13.2 Å². The summed E-state index contributed by atoms with van der Waals surface area (Å²) in [4.78, 5) is 33.3. The number of aryl methyl sites for hydroxylation is 2. The minimum atomic E-state index is -1.14. The van der Waals surface area contributed by atoms with E-state index in [0.29, 0.717) is 0 Å². The lowest BCUT2D eigenvalue weighted by Crippen LogP contribution is -2.38. The summed E-state index contributed by atoms with van der Waals surface area (Å²) < 4.78 is 5.17. The first kappa shape index (κ1) is 18.2. The van der Waals surface area contributed by atoms with Crippen LogP contribution in [0.15, 0.2) is 18.2 Å². The lowest BCUT2D eigenvalue weighted by molar-refractivity contribution is -0.137. The fourth-order valence-corrected chi connectivity index (χ4v) is 1.94. The van der Waals surface area contributed by atoms with Gasteiger partial charge < -0.3 is 20.5 Å². The Labute approximate surface area is 134 Å². The molecule has 0 bridgehead atoms. The number of carbonyl (C=O) groups excluding carboxylic acids is 2. The zero-order chi connectivity index (χ0) is 17.4. The summed E-state index contributed by atoms with van der Waals surface area (Å²) in [6, 6.07) is 3.73. The summed E-state index contributed by atoms with van der Waals surface area (Å²) in [6.45, 7) is 3.06. The van der Waals surface area contributed by atoms with Crippen LogP contribution in [0.25, 0.3) is 6.08 Å². The van der Waals surface area contributed by atoms with Gasteiger partial charge in [-0.3, -0.25) is 14.4 Å². The number of aliphatic carboxylic acids is 1. The van der Waals surface area contributed by atoms with Gasteiger partial charge in [-0.1, -0.05) is 0 Å². The molecule has 0 radical (unpaired) electrons. The predicted octanol–water partition coefficient (Wildman–Crippen LogP) is 0.642. The summed E-state index contributed by atoms with van der Waals surface area (Å²) in [5.41, 5.74) is 2.83. The number of amides is 2. The molecule has 0 aliphatic carbocycles. The Morgan fingerprint density at radius 2 is 1.74 bits per heavy atom. The third kappa shape index (κ3) is 6.21. The van der Waals surface area contributed by atoms with E-state index in [2.05, 4.69) is 10.6 Å². The molecule has 1 aromatic rings. The van der Waals surface area contributed by atoms with Crippen LogP contribution in [0.1, 0.15) is 16.7 Å². The Bertz CT molecular complexity index is 614. The van der Waals surface area contributed by atoms with Gasteiger partial charge in [0, 0.05) is 6.08 Å². The molecule has 0 spiro atoms. The van der Waals surface area contributed by atoms with Crippen molar-refractivity contribution in [1.82, 2.24) is 10.6 Å². The van der Waals surface area contributed by atoms with Gasteiger partial charge in [0.05, 0.1) is 13.7 Å². The van der Waals surface area contributed by atoms with Crippen molar-refractivity contribution in [2.45, 2.75) is 13.8 Å². The molecule has 0 atom stereocenters. The zero-order valence-electron chi connectivity index (χ0n) is 13.3. The first-order valence-electron chi connectivity index (χ1n) is 6.93. The maximum atomic E-state index is 11.7. The summed E-state index contributed by atoms with van der Waals surface area (Å²) >= 11 is 0. The lowest BCUT2D eigenvalue weighted by Gasteiger charge is -2.08. The molecule has 0 unspecified atom stereocenters. The topological polar surface area (TPSA) is 105 Å². The quantitative estimate of drug-likeness (QED) is 0.640. The summed E-state index contributed by atoms with van der Waals surface area (Å²) in [7, 11) is 1.59. The highest BCUT2D eigenvalue weighted by molar-refractivity contribution is 5.95. The fraction of sp³-hybridized carbons (Fsp3) is 0.312. The van der Waals surface area contributed by atoms with Crippen LogP contribution >= 0.6 is 0 Å². The van der Waals surface area contributed by atoms with Gasteiger partial charge in [0.1, 0.15) is 12.3 Å². The molecule has 0 aliphatic heterocycles. The maximum Gasteiger partial charge on any atom is 0.322 e.